The van der Waals surface area contributed by atoms with Crippen molar-refractivity contribution in [2.45, 2.75) is 50.9 Å². The molecule has 2 fully saturated rings. The quantitative estimate of drug-likeness (QED) is 0.673. The molecule has 1 aromatic carbocycles. The smallest absolute Gasteiger partial charge is 0.250 e. The number of fused-ring (bicyclic) bond motifs is 4. The molecule has 3 aliphatic heterocycles. The molecular formula is C19H22ClN3O4. The van der Waals surface area contributed by atoms with Crippen molar-refractivity contribution in [3.8, 4) is 0 Å². The van der Waals surface area contributed by atoms with Crippen molar-refractivity contribution < 1.29 is 19.5 Å². The fourth-order valence-corrected chi connectivity index (χ4v) is 4.93. The van der Waals surface area contributed by atoms with Crippen molar-refractivity contribution in [2.75, 3.05) is 5.32 Å². The molecule has 3 N–H and O–H groups in total. The van der Waals surface area contributed by atoms with E-state index in [1.54, 1.807) is 25.1 Å². The summed E-state index contributed by atoms with van der Waals surface area (Å²) in [5.41, 5.74) is -0.309. The minimum atomic E-state index is -1.42. The van der Waals surface area contributed by atoms with E-state index in [1.165, 1.54) is 4.90 Å². The number of likely N-dealkylation sites (tertiary alicyclic amines) is 1. The Morgan fingerprint density at radius 1 is 1.26 bits per heavy atom. The van der Waals surface area contributed by atoms with Crippen molar-refractivity contribution in [3.63, 3.8) is 0 Å². The molecule has 0 saturated carbocycles. The molecule has 3 amide bonds. The number of anilines is 1. The van der Waals surface area contributed by atoms with E-state index < -0.39 is 35.4 Å². The number of imide groups is 1. The Kier molecular flexibility index (Phi) is 4.10. The van der Waals surface area contributed by atoms with Crippen LogP contribution in [0.5, 0.6) is 0 Å². The highest BCUT2D eigenvalue weighted by molar-refractivity contribution is 6.31. The first kappa shape index (κ1) is 18.4. The zero-order valence-corrected chi connectivity index (χ0v) is 16.1. The number of aliphatic hydroxyl groups excluding tert-OH is 1. The fraction of sp³-hybridized carbons (Fsp3) is 0.526. The third-order valence-electron chi connectivity index (χ3n) is 6.20. The number of hydrogen-bond acceptors (Lipinski definition) is 5. The molecule has 0 bridgehead atoms. The van der Waals surface area contributed by atoms with Crippen LogP contribution in [0.4, 0.5) is 5.69 Å². The summed E-state index contributed by atoms with van der Waals surface area (Å²) < 4.78 is 0. The van der Waals surface area contributed by atoms with Gasteiger partial charge in [0.05, 0.1) is 17.9 Å². The van der Waals surface area contributed by atoms with Crippen LogP contribution in [0.2, 0.25) is 5.02 Å². The Morgan fingerprint density at radius 3 is 2.59 bits per heavy atom. The van der Waals surface area contributed by atoms with E-state index >= 15 is 0 Å². The van der Waals surface area contributed by atoms with E-state index in [-0.39, 0.29) is 17.9 Å². The van der Waals surface area contributed by atoms with Crippen LogP contribution in [-0.4, -0.2) is 45.9 Å². The van der Waals surface area contributed by atoms with Crippen molar-refractivity contribution >= 4 is 35.0 Å². The van der Waals surface area contributed by atoms with Gasteiger partial charge in [0, 0.05) is 28.4 Å². The highest BCUT2D eigenvalue weighted by Gasteiger charge is 2.71. The Morgan fingerprint density at radius 2 is 1.96 bits per heavy atom. The molecule has 0 aliphatic carbocycles. The number of aliphatic hydroxyl groups is 1. The van der Waals surface area contributed by atoms with Gasteiger partial charge in [-0.15, -0.1) is 0 Å². The molecule has 0 unspecified atom stereocenters. The number of hydrogen-bond donors (Lipinski definition) is 3. The van der Waals surface area contributed by atoms with E-state index in [1.807, 2.05) is 13.8 Å². The molecule has 1 aromatic rings. The average molecular weight is 392 g/mol. The van der Waals surface area contributed by atoms with Crippen LogP contribution in [0.3, 0.4) is 0 Å². The van der Waals surface area contributed by atoms with Gasteiger partial charge in [0.15, 0.2) is 0 Å². The Bertz CT molecular complexity index is 857. The third kappa shape index (κ3) is 2.25. The van der Waals surface area contributed by atoms with E-state index in [9.17, 15) is 19.5 Å². The molecule has 27 heavy (non-hydrogen) atoms. The van der Waals surface area contributed by atoms with Crippen LogP contribution in [0.1, 0.15) is 32.8 Å². The van der Waals surface area contributed by atoms with Gasteiger partial charge in [-0.05, 0) is 38.5 Å². The highest BCUT2D eigenvalue weighted by Crippen LogP contribution is 2.54. The minimum Gasteiger partial charge on any atom is -0.392 e. The normalized spacial score (nSPS) is 34.0. The number of carbonyl (C=O) groups is 3. The Labute approximate surface area is 162 Å². The second kappa shape index (κ2) is 6.02. The number of carbonyl (C=O) groups excluding carboxylic acids is 3. The van der Waals surface area contributed by atoms with Crippen LogP contribution < -0.4 is 10.6 Å². The first-order chi connectivity index (χ1) is 12.7. The Balaban J connectivity index is 1.92. The van der Waals surface area contributed by atoms with E-state index in [0.29, 0.717) is 22.7 Å². The van der Waals surface area contributed by atoms with E-state index in [0.717, 1.165) is 0 Å². The lowest BCUT2D eigenvalue weighted by molar-refractivity contribution is -0.145. The summed E-state index contributed by atoms with van der Waals surface area (Å²) >= 11 is 6.16. The van der Waals surface area contributed by atoms with Gasteiger partial charge in [0.2, 0.25) is 17.7 Å². The number of benzene rings is 1. The maximum atomic E-state index is 13.3. The molecule has 144 valence electrons. The lowest BCUT2D eigenvalue weighted by Gasteiger charge is -2.31. The van der Waals surface area contributed by atoms with Crippen molar-refractivity contribution in [1.82, 2.24) is 10.2 Å². The van der Waals surface area contributed by atoms with E-state index in [4.69, 9.17) is 11.6 Å². The molecule has 2 saturated heterocycles. The summed E-state index contributed by atoms with van der Waals surface area (Å²) in [6.07, 6.45) is -0.299. The van der Waals surface area contributed by atoms with Crippen molar-refractivity contribution in [2.24, 2.45) is 11.8 Å². The molecule has 0 aromatic heterocycles. The zero-order valence-electron chi connectivity index (χ0n) is 15.3. The highest BCUT2D eigenvalue weighted by atomic mass is 35.5. The molecule has 1 spiro atoms. The van der Waals surface area contributed by atoms with Gasteiger partial charge in [0.1, 0.15) is 5.54 Å². The number of halogens is 1. The third-order valence-corrected chi connectivity index (χ3v) is 6.43. The summed E-state index contributed by atoms with van der Waals surface area (Å²) in [4.78, 5) is 40.8. The van der Waals surface area contributed by atoms with Crippen LogP contribution >= 0.6 is 11.6 Å². The van der Waals surface area contributed by atoms with Crippen LogP contribution in [0.15, 0.2) is 18.2 Å². The molecule has 3 heterocycles. The van der Waals surface area contributed by atoms with Crippen LogP contribution in [0, 0.1) is 11.8 Å². The topological polar surface area (TPSA) is 98.7 Å². The molecular weight excluding hydrogens is 370 g/mol. The van der Waals surface area contributed by atoms with Crippen LogP contribution in [-0.2, 0) is 19.9 Å². The first-order valence-corrected chi connectivity index (χ1v) is 9.56. The van der Waals surface area contributed by atoms with Gasteiger partial charge in [-0.1, -0.05) is 18.5 Å². The van der Waals surface area contributed by atoms with Crippen molar-refractivity contribution in [1.29, 1.82) is 0 Å². The monoisotopic (exact) mass is 391 g/mol. The standard InChI is InChI=1S/C19H22ClN3O4/c1-4-8(2)23-16(25)13-14(17(23)26)19(22-15(13)9(3)24)11-7-10(20)5-6-12(11)21-18(19)27/h5-9,13-15,22,24H,4H2,1-3H3,(H,21,27)/t8-,9-,13-,14-,15+,19+/m0/s1. The van der Waals surface area contributed by atoms with Gasteiger partial charge in [-0.25, -0.2) is 0 Å². The summed E-state index contributed by atoms with van der Waals surface area (Å²) in [5, 5.41) is 16.7. The average Bonchev–Trinajstić information content (AvgIpc) is 3.20. The SMILES string of the molecule is CC[C@H](C)N1C(=O)[C@@H]2[C@@H]([C@H](C)O)N[C@@]3(C(=O)Nc4ccc(Cl)cc43)[C@@H]2C1=O. The van der Waals surface area contributed by atoms with Gasteiger partial charge >= 0.3 is 0 Å². The molecule has 4 rings (SSSR count). The van der Waals surface area contributed by atoms with Crippen LogP contribution in [0.25, 0.3) is 0 Å². The predicted molar refractivity (Wildman–Crippen MR) is 99.0 cm³/mol. The second-order valence-electron chi connectivity index (χ2n) is 7.67. The molecule has 0 radical (unpaired) electrons. The maximum Gasteiger partial charge on any atom is 0.250 e. The van der Waals surface area contributed by atoms with E-state index in [2.05, 4.69) is 10.6 Å². The number of nitrogens with one attached hydrogen (secondary N) is 2. The zero-order chi connectivity index (χ0) is 19.7. The van der Waals surface area contributed by atoms with Gasteiger partial charge in [-0.3, -0.25) is 24.6 Å². The summed E-state index contributed by atoms with van der Waals surface area (Å²) in [5.74, 6) is -2.83. The number of nitrogens with zero attached hydrogens (tertiary/aromatic N) is 1. The lowest BCUT2D eigenvalue weighted by atomic mass is 9.76. The second-order valence-corrected chi connectivity index (χ2v) is 8.11. The van der Waals surface area contributed by atoms with Crippen molar-refractivity contribution in [3.05, 3.63) is 28.8 Å². The molecule has 6 atom stereocenters. The summed E-state index contributed by atoms with van der Waals surface area (Å²) in [6, 6.07) is 4.00. The molecule has 7 nitrogen and oxygen atoms in total. The Hall–Kier alpha value is -1.96. The first-order valence-electron chi connectivity index (χ1n) is 9.18. The molecule has 3 aliphatic rings. The number of amides is 3. The predicted octanol–water partition coefficient (Wildman–Crippen LogP) is 1.24. The lowest BCUT2D eigenvalue weighted by Crippen LogP contribution is -2.55. The minimum absolute atomic E-state index is 0.273. The van der Waals surface area contributed by atoms with Gasteiger partial charge in [-0.2, -0.15) is 0 Å². The summed E-state index contributed by atoms with van der Waals surface area (Å²) in [6.45, 7) is 5.27. The largest absolute Gasteiger partial charge is 0.392 e. The molecule has 8 heteroatoms. The van der Waals surface area contributed by atoms with Gasteiger partial charge in [0.25, 0.3) is 0 Å². The fourth-order valence-electron chi connectivity index (χ4n) is 4.76. The number of rotatable bonds is 3. The maximum absolute atomic E-state index is 13.3. The van der Waals surface area contributed by atoms with Gasteiger partial charge < -0.3 is 10.4 Å². The summed E-state index contributed by atoms with van der Waals surface area (Å²) in [7, 11) is 0.